The Hall–Kier alpha value is -2.63. The Labute approximate surface area is 115 Å². The van der Waals surface area contributed by atoms with Crippen LogP contribution in [0.3, 0.4) is 0 Å². The molecule has 0 spiro atoms. The van der Waals surface area contributed by atoms with Gasteiger partial charge in [0.25, 0.3) is 0 Å². The average molecular weight is 276 g/mol. The van der Waals surface area contributed by atoms with E-state index in [2.05, 4.69) is 5.32 Å². The maximum Gasteiger partial charge on any atom is 0.334 e. The molecule has 20 heavy (non-hydrogen) atoms. The number of para-hydroxylation sites is 1. The summed E-state index contributed by atoms with van der Waals surface area (Å²) in [5.41, 5.74) is 0.199. The Morgan fingerprint density at radius 2 is 2.05 bits per heavy atom. The molecule has 2 aromatic rings. The minimum atomic E-state index is -0.521. The van der Waals surface area contributed by atoms with Crippen molar-refractivity contribution >= 4 is 11.4 Å². The molecule has 1 N–H and O–H groups in total. The summed E-state index contributed by atoms with van der Waals surface area (Å²) in [7, 11) is 0. The zero-order valence-corrected chi connectivity index (χ0v) is 10.8. The number of ether oxygens (including phenoxy) is 1. The smallest absolute Gasteiger partial charge is 0.334 e. The molecule has 0 saturated carbocycles. The fourth-order valence-corrected chi connectivity index (χ4v) is 1.78. The molecule has 2 aromatic carbocycles. The van der Waals surface area contributed by atoms with Crippen molar-refractivity contribution in [2.45, 2.75) is 6.92 Å². The molecule has 0 fully saturated rings. The highest BCUT2D eigenvalue weighted by Gasteiger charge is 2.21. The van der Waals surface area contributed by atoms with E-state index in [9.17, 15) is 14.5 Å². The van der Waals surface area contributed by atoms with Gasteiger partial charge in [-0.3, -0.25) is 10.1 Å². The van der Waals surface area contributed by atoms with Gasteiger partial charge in [-0.15, -0.1) is 0 Å². The average Bonchev–Trinajstić information content (AvgIpc) is 2.39. The van der Waals surface area contributed by atoms with E-state index in [0.717, 1.165) is 0 Å². The van der Waals surface area contributed by atoms with Crippen LogP contribution in [0.2, 0.25) is 0 Å². The van der Waals surface area contributed by atoms with E-state index in [1.54, 1.807) is 12.1 Å². The second-order valence-electron chi connectivity index (χ2n) is 4.00. The van der Waals surface area contributed by atoms with Crippen LogP contribution in [0.1, 0.15) is 6.92 Å². The Bertz CT molecular complexity index is 632. The Morgan fingerprint density at radius 1 is 1.30 bits per heavy atom. The first-order chi connectivity index (χ1) is 9.61. The molecule has 0 aliphatic rings. The van der Waals surface area contributed by atoms with E-state index in [1.165, 1.54) is 30.3 Å². The third-order valence-electron chi connectivity index (χ3n) is 2.57. The number of nitrogens with one attached hydrogen (secondary N) is 1. The molecule has 0 unspecified atom stereocenters. The van der Waals surface area contributed by atoms with Gasteiger partial charge in [-0.25, -0.2) is 4.39 Å². The van der Waals surface area contributed by atoms with Gasteiger partial charge in [0.15, 0.2) is 0 Å². The molecule has 0 aliphatic carbocycles. The summed E-state index contributed by atoms with van der Waals surface area (Å²) in [6.07, 6.45) is 0. The lowest BCUT2D eigenvalue weighted by atomic mass is 10.2. The number of halogens is 1. The molecule has 0 amide bonds. The van der Waals surface area contributed by atoms with Crippen LogP contribution >= 0.6 is 0 Å². The predicted octanol–water partition coefficient (Wildman–Crippen LogP) is 3.96. The van der Waals surface area contributed by atoms with Gasteiger partial charge in [-0.1, -0.05) is 12.1 Å². The molecule has 0 atom stereocenters. The Kier molecular flexibility index (Phi) is 4.14. The maximum absolute atomic E-state index is 13.1. The quantitative estimate of drug-likeness (QED) is 0.663. The number of rotatable bonds is 5. The van der Waals surface area contributed by atoms with Gasteiger partial charge in [0.2, 0.25) is 5.75 Å². The molecule has 0 aliphatic heterocycles. The van der Waals surface area contributed by atoms with Crippen molar-refractivity contribution in [3.8, 4) is 11.5 Å². The minimum Gasteiger partial charge on any atom is -0.450 e. The number of nitrogens with zero attached hydrogens (tertiary/aromatic N) is 1. The topological polar surface area (TPSA) is 64.4 Å². The molecule has 6 heteroatoms. The minimum absolute atomic E-state index is 0.0686. The first-order valence-corrected chi connectivity index (χ1v) is 6.06. The summed E-state index contributed by atoms with van der Waals surface area (Å²) in [5, 5.41) is 14.1. The number of nitro groups is 1. The third kappa shape index (κ3) is 3.03. The van der Waals surface area contributed by atoms with Gasteiger partial charge < -0.3 is 10.1 Å². The number of anilines is 1. The zero-order valence-electron chi connectivity index (χ0n) is 10.8. The van der Waals surface area contributed by atoms with Crippen molar-refractivity contribution in [1.29, 1.82) is 0 Å². The van der Waals surface area contributed by atoms with Crippen LogP contribution in [0.5, 0.6) is 11.5 Å². The second-order valence-corrected chi connectivity index (χ2v) is 4.00. The van der Waals surface area contributed by atoms with E-state index < -0.39 is 10.7 Å². The summed E-state index contributed by atoms with van der Waals surface area (Å²) < 4.78 is 18.5. The highest BCUT2D eigenvalue weighted by molar-refractivity contribution is 5.68. The lowest BCUT2D eigenvalue weighted by Gasteiger charge is -2.10. The molecular weight excluding hydrogens is 263 g/mol. The predicted molar refractivity (Wildman–Crippen MR) is 73.7 cm³/mol. The van der Waals surface area contributed by atoms with Crippen LogP contribution < -0.4 is 10.1 Å². The van der Waals surface area contributed by atoms with Crippen LogP contribution in [-0.4, -0.2) is 11.5 Å². The molecular formula is C14H13FN2O3. The molecule has 104 valence electrons. The van der Waals surface area contributed by atoms with Crippen molar-refractivity contribution in [3.63, 3.8) is 0 Å². The first-order valence-electron chi connectivity index (χ1n) is 6.06. The molecule has 0 saturated heterocycles. The molecule has 0 radical (unpaired) electrons. The highest BCUT2D eigenvalue weighted by atomic mass is 19.1. The lowest BCUT2D eigenvalue weighted by Crippen LogP contribution is -2.02. The fraction of sp³-hybridized carbons (Fsp3) is 0.143. The monoisotopic (exact) mass is 276 g/mol. The van der Waals surface area contributed by atoms with E-state index >= 15 is 0 Å². The van der Waals surface area contributed by atoms with E-state index in [4.69, 9.17) is 4.74 Å². The summed E-state index contributed by atoms with van der Waals surface area (Å²) >= 11 is 0. The molecule has 2 rings (SSSR count). The number of hydrogen-bond acceptors (Lipinski definition) is 4. The molecule has 0 heterocycles. The number of hydrogen-bond donors (Lipinski definition) is 1. The van der Waals surface area contributed by atoms with Crippen LogP contribution in [0.15, 0.2) is 42.5 Å². The Balaban J connectivity index is 2.40. The zero-order chi connectivity index (χ0) is 14.5. The van der Waals surface area contributed by atoms with Crippen molar-refractivity contribution in [1.82, 2.24) is 0 Å². The third-order valence-corrected chi connectivity index (χ3v) is 2.57. The summed E-state index contributed by atoms with van der Waals surface area (Å²) in [6.45, 7) is 2.38. The van der Waals surface area contributed by atoms with Gasteiger partial charge in [-0.2, -0.15) is 0 Å². The standard InChI is InChI=1S/C14H13FN2O3/c1-2-16-12-7-4-8-13(14(12)17(18)19)20-11-6-3-5-10(15)9-11/h3-9,16H,2H2,1H3. The maximum atomic E-state index is 13.1. The number of nitro benzene ring substituents is 1. The fourth-order valence-electron chi connectivity index (χ4n) is 1.78. The van der Waals surface area contributed by atoms with Crippen molar-refractivity contribution in [3.05, 3.63) is 58.4 Å². The van der Waals surface area contributed by atoms with Crippen LogP contribution in [0.4, 0.5) is 15.8 Å². The Morgan fingerprint density at radius 3 is 2.70 bits per heavy atom. The van der Waals surface area contributed by atoms with Gasteiger partial charge in [0, 0.05) is 12.6 Å². The van der Waals surface area contributed by atoms with Crippen molar-refractivity contribution < 1.29 is 14.1 Å². The normalized spacial score (nSPS) is 10.1. The highest BCUT2D eigenvalue weighted by Crippen LogP contribution is 2.37. The molecule has 0 bridgehead atoms. The van der Waals surface area contributed by atoms with Gasteiger partial charge in [0.05, 0.1) is 4.92 Å². The summed E-state index contributed by atoms with van der Waals surface area (Å²) in [5.74, 6) is -0.186. The van der Waals surface area contributed by atoms with E-state index in [1.807, 2.05) is 6.92 Å². The number of benzene rings is 2. The van der Waals surface area contributed by atoms with E-state index in [-0.39, 0.29) is 17.2 Å². The lowest BCUT2D eigenvalue weighted by molar-refractivity contribution is -0.384. The largest absolute Gasteiger partial charge is 0.450 e. The van der Waals surface area contributed by atoms with Gasteiger partial charge in [-0.05, 0) is 31.2 Å². The second kappa shape index (κ2) is 6.01. The van der Waals surface area contributed by atoms with Gasteiger partial charge in [0.1, 0.15) is 17.3 Å². The summed E-state index contributed by atoms with van der Waals surface area (Å²) in [4.78, 5) is 10.7. The van der Waals surface area contributed by atoms with Crippen LogP contribution in [0, 0.1) is 15.9 Å². The molecule has 5 nitrogen and oxygen atoms in total. The van der Waals surface area contributed by atoms with Crippen LogP contribution in [0.25, 0.3) is 0 Å². The van der Waals surface area contributed by atoms with Gasteiger partial charge >= 0.3 is 5.69 Å². The SMILES string of the molecule is CCNc1cccc(Oc2cccc(F)c2)c1[N+](=O)[O-]. The molecule has 0 aromatic heterocycles. The van der Waals surface area contributed by atoms with Crippen molar-refractivity contribution in [2.24, 2.45) is 0 Å². The first kappa shape index (κ1) is 13.8. The summed E-state index contributed by atoms with van der Waals surface area (Å²) in [6, 6.07) is 10.2. The van der Waals surface area contributed by atoms with Crippen molar-refractivity contribution in [2.75, 3.05) is 11.9 Å². The van der Waals surface area contributed by atoms with E-state index in [0.29, 0.717) is 12.2 Å². The van der Waals surface area contributed by atoms with Crippen LogP contribution in [-0.2, 0) is 0 Å².